The first-order valence-electron chi connectivity index (χ1n) is 18.2. The van der Waals surface area contributed by atoms with Crippen molar-refractivity contribution in [2.45, 2.75) is 57.8 Å². The van der Waals surface area contributed by atoms with Gasteiger partial charge in [-0.1, -0.05) is 141 Å². The summed E-state index contributed by atoms with van der Waals surface area (Å²) in [6, 6.07) is 47.3. The Morgan fingerprint density at radius 1 is 0.792 bits per heavy atom. The zero-order chi connectivity index (χ0) is 37.0. The molecule has 0 bridgehead atoms. The Labute approximate surface area is 310 Å². The molecule has 6 aromatic rings. The lowest BCUT2D eigenvalue weighted by Gasteiger charge is -2.38. The summed E-state index contributed by atoms with van der Waals surface area (Å²) in [6.45, 7) is 7.82. The number of aliphatic hydroxyl groups excluding tert-OH is 1. The third kappa shape index (κ3) is 6.27. The minimum atomic E-state index is -0.899. The average Bonchev–Trinajstić information content (AvgIpc) is 3.80. The number of aromatic nitrogens is 4. The third-order valence-electron chi connectivity index (χ3n) is 9.97. The number of hydrogen-bond acceptors (Lipinski definition) is 8. The van der Waals surface area contributed by atoms with Crippen molar-refractivity contribution in [3.63, 3.8) is 0 Å². The summed E-state index contributed by atoms with van der Waals surface area (Å²) in [6.07, 6.45) is 0.702. The first-order valence-corrected chi connectivity index (χ1v) is 18.2. The van der Waals surface area contributed by atoms with E-state index in [1.165, 1.54) is 0 Å². The molecule has 0 aliphatic carbocycles. The SMILES string of the molecule is CCCC1(C)NC(C(C)O)=C(C(=O)OCC)N1c1ccc(-c2ccccc2-c2nnnn2C(c2ccccc2)(c2ccccc2)c2ccccc2)cc1. The standard InChI is InChI=1S/C44H44N6O3/c1-5-30-43(4)45-39(31(3)51)40(42(52)53-6-2)49(43)36-28-26-32(27-29-36)37-24-16-17-25-38(37)41-46-47-48-50(41)44(33-18-10-7-11-19-33,34-20-12-8-13-21-34)35-22-14-9-15-23-35/h7-29,31,45,51H,5-6,30H2,1-4H3. The molecular weight excluding hydrogens is 661 g/mol. The van der Waals surface area contributed by atoms with Gasteiger partial charge >= 0.3 is 5.97 Å². The van der Waals surface area contributed by atoms with Crippen LogP contribution in [0.1, 0.15) is 57.2 Å². The zero-order valence-electron chi connectivity index (χ0n) is 30.5. The van der Waals surface area contributed by atoms with Gasteiger partial charge in [-0.05, 0) is 77.6 Å². The largest absolute Gasteiger partial charge is 0.461 e. The monoisotopic (exact) mass is 704 g/mol. The number of carbonyl (C=O) groups is 1. The van der Waals surface area contributed by atoms with Crippen molar-refractivity contribution < 1.29 is 14.6 Å². The molecule has 5 aromatic carbocycles. The van der Waals surface area contributed by atoms with Crippen LogP contribution < -0.4 is 10.2 Å². The number of carbonyl (C=O) groups excluding carboxylic acids is 1. The molecule has 0 saturated carbocycles. The fourth-order valence-electron chi connectivity index (χ4n) is 7.76. The minimum Gasteiger partial charge on any atom is -0.461 e. The van der Waals surface area contributed by atoms with Gasteiger partial charge in [0.1, 0.15) is 11.2 Å². The molecular formula is C44H44N6O3. The van der Waals surface area contributed by atoms with E-state index in [4.69, 9.17) is 15.0 Å². The first kappa shape index (κ1) is 35.3. The fraction of sp³-hybridized carbons (Fsp3) is 0.227. The van der Waals surface area contributed by atoms with Crippen LogP contribution in [0.25, 0.3) is 22.5 Å². The Bertz CT molecular complexity index is 2100. The highest BCUT2D eigenvalue weighted by molar-refractivity contribution is 5.95. The Morgan fingerprint density at radius 2 is 1.32 bits per heavy atom. The van der Waals surface area contributed by atoms with Crippen LogP contribution in [0.3, 0.4) is 0 Å². The van der Waals surface area contributed by atoms with Crippen molar-refractivity contribution in [2.75, 3.05) is 11.5 Å². The fourth-order valence-corrected chi connectivity index (χ4v) is 7.76. The molecule has 9 heteroatoms. The quantitative estimate of drug-likeness (QED) is 0.0978. The number of benzene rings is 5. The maximum absolute atomic E-state index is 13.4. The number of esters is 1. The van der Waals surface area contributed by atoms with Gasteiger partial charge in [-0.3, -0.25) is 0 Å². The number of nitrogens with one attached hydrogen (secondary N) is 1. The Morgan fingerprint density at radius 3 is 1.83 bits per heavy atom. The number of nitrogens with zero attached hydrogens (tertiary/aromatic N) is 5. The number of tetrazole rings is 1. The van der Waals surface area contributed by atoms with Crippen molar-refractivity contribution in [1.82, 2.24) is 25.5 Å². The molecule has 0 spiro atoms. The van der Waals surface area contributed by atoms with E-state index in [1.54, 1.807) is 13.8 Å². The van der Waals surface area contributed by atoms with Gasteiger partial charge in [0.2, 0.25) is 0 Å². The maximum Gasteiger partial charge on any atom is 0.356 e. The smallest absolute Gasteiger partial charge is 0.356 e. The summed E-state index contributed by atoms with van der Waals surface area (Å²) in [5.74, 6) is 0.130. The lowest BCUT2D eigenvalue weighted by Crippen LogP contribution is -2.51. The number of ether oxygens (including phenoxy) is 1. The Kier molecular flexibility index (Phi) is 9.93. The van der Waals surface area contributed by atoms with E-state index in [1.807, 2.05) is 95.4 Å². The molecule has 9 nitrogen and oxygen atoms in total. The number of aliphatic hydroxyl groups is 1. The predicted octanol–water partition coefficient (Wildman–Crippen LogP) is 7.93. The van der Waals surface area contributed by atoms with Gasteiger partial charge in [0, 0.05) is 11.3 Å². The molecule has 7 rings (SSSR count). The van der Waals surface area contributed by atoms with Crippen LogP contribution in [0, 0.1) is 0 Å². The van der Waals surface area contributed by atoms with Gasteiger partial charge in [-0.15, -0.1) is 5.10 Å². The van der Waals surface area contributed by atoms with Crippen molar-refractivity contribution >= 4 is 11.7 Å². The lowest BCUT2D eigenvalue weighted by atomic mass is 9.77. The highest BCUT2D eigenvalue weighted by Crippen LogP contribution is 2.44. The van der Waals surface area contributed by atoms with E-state index in [0.29, 0.717) is 17.2 Å². The van der Waals surface area contributed by atoms with Crippen molar-refractivity contribution in [2.24, 2.45) is 0 Å². The average molecular weight is 705 g/mol. The molecule has 1 aliphatic rings. The molecule has 2 N–H and O–H groups in total. The van der Waals surface area contributed by atoms with Crippen LogP contribution in [0.5, 0.6) is 0 Å². The molecule has 0 fully saturated rings. The van der Waals surface area contributed by atoms with Crippen LogP contribution in [0.4, 0.5) is 5.69 Å². The van der Waals surface area contributed by atoms with Gasteiger partial charge in [-0.2, -0.15) is 0 Å². The second kappa shape index (κ2) is 14.9. The highest BCUT2D eigenvalue weighted by Gasteiger charge is 2.46. The van der Waals surface area contributed by atoms with E-state index < -0.39 is 23.3 Å². The minimum absolute atomic E-state index is 0.225. The van der Waals surface area contributed by atoms with Crippen molar-refractivity contribution in [3.8, 4) is 22.5 Å². The van der Waals surface area contributed by atoms with Gasteiger partial charge < -0.3 is 20.1 Å². The van der Waals surface area contributed by atoms with Crippen LogP contribution in [0.2, 0.25) is 0 Å². The molecule has 53 heavy (non-hydrogen) atoms. The topological polar surface area (TPSA) is 105 Å². The predicted molar refractivity (Wildman–Crippen MR) is 208 cm³/mol. The molecule has 2 heterocycles. The lowest BCUT2D eigenvalue weighted by molar-refractivity contribution is -0.138. The summed E-state index contributed by atoms with van der Waals surface area (Å²) >= 11 is 0. The highest BCUT2D eigenvalue weighted by atomic mass is 16.5. The molecule has 2 unspecified atom stereocenters. The van der Waals surface area contributed by atoms with Crippen LogP contribution in [-0.4, -0.2) is 49.7 Å². The molecule has 0 saturated heterocycles. The van der Waals surface area contributed by atoms with Crippen molar-refractivity contribution in [3.05, 3.63) is 168 Å². The van der Waals surface area contributed by atoms with E-state index in [0.717, 1.165) is 51.9 Å². The van der Waals surface area contributed by atoms with E-state index in [-0.39, 0.29) is 6.61 Å². The molecule has 1 aromatic heterocycles. The molecule has 0 amide bonds. The molecule has 2 atom stereocenters. The second-order valence-corrected chi connectivity index (χ2v) is 13.5. The first-order chi connectivity index (χ1) is 25.8. The number of rotatable bonds is 12. The normalized spacial score (nSPS) is 16.4. The molecule has 268 valence electrons. The van der Waals surface area contributed by atoms with E-state index >= 15 is 0 Å². The van der Waals surface area contributed by atoms with Crippen molar-refractivity contribution in [1.29, 1.82) is 0 Å². The Hall–Kier alpha value is -6.06. The van der Waals surface area contributed by atoms with Crippen LogP contribution >= 0.6 is 0 Å². The maximum atomic E-state index is 13.4. The Balaban J connectivity index is 1.38. The number of hydrogen-bond donors (Lipinski definition) is 2. The van der Waals surface area contributed by atoms with Crippen LogP contribution in [0.15, 0.2) is 151 Å². The summed E-state index contributed by atoms with van der Waals surface area (Å²) < 4.78 is 7.45. The summed E-state index contributed by atoms with van der Waals surface area (Å²) in [4.78, 5) is 15.4. The zero-order valence-corrected chi connectivity index (χ0v) is 30.5. The summed E-state index contributed by atoms with van der Waals surface area (Å²) in [5, 5.41) is 28.0. The van der Waals surface area contributed by atoms with Gasteiger partial charge in [0.15, 0.2) is 11.5 Å². The summed E-state index contributed by atoms with van der Waals surface area (Å²) in [7, 11) is 0. The second-order valence-electron chi connectivity index (χ2n) is 13.5. The molecule has 1 aliphatic heterocycles. The third-order valence-corrected chi connectivity index (χ3v) is 9.97. The van der Waals surface area contributed by atoms with E-state index in [2.05, 4.69) is 78.1 Å². The summed E-state index contributed by atoms with van der Waals surface area (Å²) in [5.41, 5.74) is 5.84. The van der Waals surface area contributed by atoms with E-state index in [9.17, 15) is 9.90 Å². The van der Waals surface area contributed by atoms with Gasteiger partial charge in [0.05, 0.1) is 18.4 Å². The van der Waals surface area contributed by atoms with Gasteiger partial charge in [0.25, 0.3) is 0 Å². The van der Waals surface area contributed by atoms with Crippen LogP contribution in [-0.2, 0) is 15.1 Å². The van der Waals surface area contributed by atoms with Gasteiger partial charge in [-0.25, -0.2) is 9.48 Å². The number of anilines is 1. The molecule has 0 radical (unpaired) electrons.